The monoisotopic (exact) mass is 294 g/mol. The number of rotatable bonds is 7. The first-order valence-electron chi connectivity index (χ1n) is 9.03. The van der Waals surface area contributed by atoms with Gasteiger partial charge < -0.3 is 15.5 Å². The second-order valence-electron chi connectivity index (χ2n) is 6.64. The number of guanidine groups is 1. The summed E-state index contributed by atoms with van der Waals surface area (Å²) >= 11 is 0. The Morgan fingerprint density at radius 1 is 1.19 bits per heavy atom. The molecular formula is C17H34N4. The van der Waals surface area contributed by atoms with Crippen LogP contribution < -0.4 is 10.6 Å². The van der Waals surface area contributed by atoms with E-state index in [0.717, 1.165) is 18.4 Å². The van der Waals surface area contributed by atoms with Gasteiger partial charge in [0.1, 0.15) is 0 Å². The first-order chi connectivity index (χ1) is 10.3. The molecule has 1 saturated heterocycles. The van der Waals surface area contributed by atoms with Gasteiger partial charge in [-0.15, -0.1) is 0 Å². The van der Waals surface area contributed by atoms with Crippen LogP contribution in [0.2, 0.25) is 0 Å². The molecule has 0 aromatic heterocycles. The SMILES string of the molecule is CCCC1CC1NC(=NC)NCCCN1CCCCCC1. The van der Waals surface area contributed by atoms with Crippen LogP contribution in [0.4, 0.5) is 0 Å². The molecule has 1 aliphatic carbocycles. The van der Waals surface area contributed by atoms with E-state index < -0.39 is 0 Å². The second-order valence-corrected chi connectivity index (χ2v) is 6.64. The van der Waals surface area contributed by atoms with Crippen LogP contribution in [0, 0.1) is 5.92 Å². The highest BCUT2D eigenvalue weighted by atomic mass is 15.2. The number of nitrogens with zero attached hydrogens (tertiary/aromatic N) is 2. The Balaban J connectivity index is 1.54. The molecule has 0 spiro atoms. The summed E-state index contributed by atoms with van der Waals surface area (Å²) in [6.45, 7) is 7.12. The molecule has 0 aromatic rings. The maximum Gasteiger partial charge on any atom is 0.191 e. The van der Waals surface area contributed by atoms with Crippen molar-refractivity contribution in [2.45, 2.75) is 64.3 Å². The minimum absolute atomic E-state index is 0.668. The molecule has 2 N–H and O–H groups in total. The average molecular weight is 294 g/mol. The Bertz CT molecular complexity index is 308. The summed E-state index contributed by atoms with van der Waals surface area (Å²) in [6.07, 6.45) is 10.8. The van der Waals surface area contributed by atoms with Gasteiger partial charge in [0.2, 0.25) is 0 Å². The molecule has 2 aliphatic rings. The van der Waals surface area contributed by atoms with E-state index in [-0.39, 0.29) is 0 Å². The Morgan fingerprint density at radius 2 is 1.95 bits per heavy atom. The predicted octanol–water partition coefficient (Wildman–Crippen LogP) is 2.61. The van der Waals surface area contributed by atoms with Crippen LogP contribution >= 0.6 is 0 Å². The average Bonchev–Trinajstić information content (AvgIpc) is 3.26. The Labute approximate surface area is 130 Å². The van der Waals surface area contributed by atoms with E-state index in [1.165, 1.54) is 71.0 Å². The van der Waals surface area contributed by atoms with Crippen molar-refractivity contribution in [3.63, 3.8) is 0 Å². The van der Waals surface area contributed by atoms with Gasteiger partial charge >= 0.3 is 0 Å². The van der Waals surface area contributed by atoms with Crippen LogP contribution in [-0.2, 0) is 0 Å². The molecule has 0 amide bonds. The quantitative estimate of drug-likeness (QED) is 0.431. The van der Waals surface area contributed by atoms with Crippen LogP contribution in [0.5, 0.6) is 0 Å². The van der Waals surface area contributed by atoms with Gasteiger partial charge in [0.25, 0.3) is 0 Å². The molecule has 1 saturated carbocycles. The largest absolute Gasteiger partial charge is 0.356 e. The van der Waals surface area contributed by atoms with Crippen molar-refractivity contribution in [1.82, 2.24) is 15.5 Å². The van der Waals surface area contributed by atoms with Crippen LogP contribution in [-0.4, -0.2) is 50.1 Å². The summed E-state index contributed by atoms with van der Waals surface area (Å²) in [5.74, 6) is 1.88. The number of aliphatic imine (C=N–C) groups is 1. The normalized spacial score (nSPS) is 27.2. The number of hydrogen-bond acceptors (Lipinski definition) is 2. The third-order valence-corrected chi connectivity index (χ3v) is 4.77. The highest BCUT2D eigenvalue weighted by Gasteiger charge is 2.36. The summed E-state index contributed by atoms with van der Waals surface area (Å²) in [4.78, 5) is 6.97. The van der Waals surface area contributed by atoms with Crippen molar-refractivity contribution in [3.05, 3.63) is 0 Å². The molecular weight excluding hydrogens is 260 g/mol. The fraction of sp³-hybridized carbons (Fsp3) is 0.941. The summed E-state index contributed by atoms with van der Waals surface area (Å²) in [6, 6.07) is 0.668. The van der Waals surface area contributed by atoms with Crippen molar-refractivity contribution in [2.24, 2.45) is 10.9 Å². The van der Waals surface area contributed by atoms with Crippen LogP contribution in [0.1, 0.15) is 58.3 Å². The van der Waals surface area contributed by atoms with Crippen molar-refractivity contribution >= 4 is 5.96 Å². The minimum atomic E-state index is 0.668. The number of nitrogens with one attached hydrogen (secondary N) is 2. The van der Waals surface area contributed by atoms with E-state index in [2.05, 4.69) is 27.4 Å². The fourth-order valence-electron chi connectivity index (χ4n) is 3.35. The minimum Gasteiger partial charge on any atom is -0.356 e. The van der Waals surface area contributed by atoms with E-state index in [1.807, 2.05) is 7.05 Å². The maximum absolute atomic E-state index is 4.34. The first kappa shape index (κ1) is 16.6. The third-order valence-electron chi connectivity index (χ3n) is 4.77. The van der Waals surface area contributed by atoms with Crippen LogP contribution in [0.15, 0.2) is 4.99 Å². The third kappa shape index (κ3) is 6.25. The lowest BCUT2D eigenvalue weighted by molar-refractivity contribution is 0.282. The zero-order chi connectivity index (χ0) is 14.9. The Morgan fingerprint density at radius 3 is 2.62 bits per heavy atom. The number of likely N-dealkylation sites (tertiary alicyclic amines) is 1. The molecule has 4 nitrogen and oxygen atoms in total. The maximum atomic E-state index is 4.34. The lowest BCUT2D eigenvalue weighted by Gasteiger charge is -2.20. The molecule has 0 aromatic carbocycles. The molecule has 4 heteroatoms. The molecule has 1 heterocycles. The van der Waals surface area contributed by atoms with Crippen molar-refractivity contribution in [3.8, 4) is 0 Å². The van der Waals surface area contributed by atoms with Gasteiger partial charge in [-0.05, 0) is 57.7 Å². The molecule has 1 aliphatic heterocycles. The molecule has 0 radical (unpaired) electrons. The standard InChI is InChI=1S/C17H34N4/c1-3-9-15-14-16(15)20-17(18-2)19-10-8-13-21-11-6-4-5-7-12-21/h15-16H,3-14H2,1-2H3,(H2,18,19,20). The topological polar surface area (TPSA) is 39.7 Å². The number of hydrogen-bond donors (Lipinski definition) is 2. The van der Waals surface area contributed by atoms with Crippen LogP contribution in [0.3, 0.4) is 0 Å². The zero-order valence-electron chi connectivity index (χ0n) is 14.0. The Hall–Kier alpha value is -0.770. The first-order valence-corrected chi connectivity index (χ1v) is 9.03. The lowest BCUT2D eigenvalue weighted by Crippen LogP contribution is -2.40. The van der Waals surface area contributed by atoms with E-state index in [9.17, 15) is 0 Å². The molecule has 0 bridgehead atoms. The zero-order valence-corrected chi connectivity index (χ0v) is 14.0. The summed E-state index contributed by atoms with van der Waals surface area (Å²) in [5, 5.41) is 7.02. The van der Waals surface area contributed by atoms with E-state index in [4.69, 9.17) is 0 Å². The highest BCUT2D eigenvalue weighted by molar-refractivity contribution is 5.80. The molecule has 2 unspecified atom stereocenters. The lowest BCUT2D eigenvalue weighted by atomic mass is 10.2. The van der Waals surface area contributed by atoms with Crippen LogP contribution in [0.25, 0.3) is 0 Å². The molecule has 122 valence electrons. The van der Waals surface area contributed by atoms with Crippen molar-refractivity contribution in [1.29, 1.82) is 0 Å². The second kappa shape index (κ2) is 9.29. The van der Waals surface area contributed by atoms with Crippen molar-refractivity contribution in [2.75, 3.05) is 33.2 Å². The smallest absolute Gasteiger partial charge is 0.191 e. The van der Waals surface area contributed by atoms with Gasteiger partial charge in [-0.25, -0.2) is 0 Å². The van der Waals surface area contributed by atoms with Gasteiger partial charge in [0.15, 0.2) is 5.96 Å². The van der Waals surface area contributed by atoms with Gasteiger partial charge in [-0.2, -0.15) is 0 Å². The highest BCUT2D eigenvalue weighted by Crippen LogP contribution is 2.34. The molecule has 21 heavy (non-hydrogen) atoms. The summed E-state index contributed by atoms with van der Waals surface area (Å²) in [7, 11) is 1.88. The van der Waals surface area contributed by atoms with E-state index in [1.54, 1.807) is 0 Å². The van der Waals surface area contributed by atoms with E-state index in [0.29, 0.717) is 6.04 Å². The fourth-order valence-corrected chi connectivity index (χ4v) is 3.35. The molecule has 2 atom stereocenters. The molecule has 2 fully saturated rings. The summed E-state index contributed by atoms with van der Waals surface area (Å²) in [5.41, 5.74) is 0. The Kier molecular flexibility index (Phi) is 7.34. The predicted molar refractivity (Wildman–Crippen MR) is 90.8 cm³/mol. The van der Waals surface area contributed by atoms with Gasteiger partial charge in [0.05, 0.1) is 0 Å². The van der Waals surface area contributed by atoms with Gasteiger partial charge in [-0.1, -0.05) is 26.2 Å². The van der Waals surface area contributed by atoms with Gasteiger partial charge in [0, 0.05) is 19.6 Å². The van der Waals surface area contributed by atoms with Crippen molar-refractivity contribution < 1.29 is 0 Å². The summed E-state index contributed by atoms with van der Waals surface area (Å²) < 4.78 is 0. The molecule has 2 rings (SSSR count). The van der Waals surface area contributed by atoms with Gasteiger partial charge in [-0.3, -0.25) is 4.99 Å². The van der Waals surface area contributed by atoms with E-state index >= 15 is 0 Å².